The highest BCUT2D eigenvalue weighted by Gasteiger charge is 2.40. The van der Waals surface area contributed by atoms with Crippen molar-refractivity contribution >= 4 is 70.0 Å². The number of rotatable bonds is 38. The zero-order valence-corrected chi connectivity index (χ0v) is 53.2. The minimum Gasteiger partial charge on any atom is -0.508 e. The number of amides is 5. The Hall–Kier alpha value is -8.38. The van der Waals surface area contributed by atoms with E-state index < -0.39 is 108 Å². The van der Waals surface area contributed by atoms with Crippen LogP contribution >= 0.6 is 0 Å². The summed E-state index contributed by atoms with van der Waals surface area (Å²) in [5, 5.41) is 39.6. The highest BCUT2D eigenvalue weighted by molar-refractivity contribution is 5.99. The molecular weight excluding hydrogens is 1170 g/mol. The monoisotopic (exact) mass is 1260 g/mol. The quantitative estimate of drug-likeness (QED) is 0.00892. The molecule has 1 aromatic heterocycles. The summed E-state index contributed by atoms with van der Waals surface area (Å²) < 4.78 is 0. The van der Waals surface area contributed by atoms with Gasteiger partial charge in [-0.1, -0.05) is 83.7 Å². The Morgan fingerprint density at radius 2 is 1.41 bits per heavy atom. The molecule has 24 heteroatoms. The standard InChI is InChI=1S/C65H90N10O12.C2H4O2/c1-6-11-55(78)54-15-10-25-75(54)64(87)43(13-9-24-69-65(66)67)31-57(80)51(27-39(4)5)72-61(84)44(26-38(2)3)32-58(81)52(28-40-16-20-48(77)21-17-40)73-63(86)46(36-76)34-59(82)53(30-42-19-18-41-12-7-8-14-49(41)42)74-62(85)45(29-47-35-68-37-70-47)33-56(79)50-22-23-60(83)71-50;1-2-4-3/h7-8,12,14,16-17,19-21,35,37-39,43-46,50-54,76-77H,6,9-11,13,15,18,22-34,36H2,1-5H3,(H,68,70)(H,71,83)(H,72,84)(H,73,86)(H,74,85)(H4,66,67,69);2-3H,1H2/t43-,44+,45-,46+,50+,51+,52+,53+,54+;/m1./s1. The summed E-state index contributed by atoms with van der Waals surface area (Å²) in [6, 6.07) is 8.62. The third-order valence-electron chi connectivity index (χ3n) is 16.7. The number of hydrogen-bond donors (Lipinski definition) is 10. The average molecular weight is 1260 g/mol. The van der Waals surface area contributed by atoms with Crippen LogP contribution in [0.25, 0.3) is 5.57 Å². The van der Waals surface area contributed by atoms with E-state index >= 15 is 0 Å². The van der Waals surface area contributed by atoms with Crippen LogP contribution in [0.1, 0.15) is 153 Å². The van der Waals surface area contributed by atoms with Gasteiger partial charge in [-0.25, -0.2) is 10.2 Å². The molecule has 2 fully saturated rings. The number of phenols is 1. The number of Topliss-reactive ketones (excluding diaryl/α,β-unsaturated/α-hetero) is 5. The number of likely N-dealkylation sites (tertiary alicyclic amines) is 1. The Morgan fingerprint density at radius 3 is 2.01 bits per heavy atom. The number of phenolic OH excluding ortho intramolecular Hbond substituents is 1. The summed E-state index contributed by atoms with van der Waals surface area (Å²) >= 11 is 0. The van der Waals surface area contributed by atoms with Gasteiger partial charge in [0.25, 0.3) is 0 Å². The number of ketones is 5. The van der Waals surface area contributed by atoms with E-state index in [2.05, 4.69) is 47.7 Å². The van der Waals surface area contributed by atoms with E-state index in [1.54, 1.807) is 17.0 Å². The number of aromatic hydroxyl groups is 1. The largest absolute Gasteiger partial charge is 0.508 e. The molecule has 2 aromatic carbocycles. The maximum atomic E-state index is 14.8. The second kappa shape index (κ2) is 37.1. The summed E-state index contributed by atoms with van der Waals surface area (Å²) in [6.45, 7) is 12.2. The number of nitrogens with two attached hydrogens (primary N) is 2. The number of hydrogen-bond acceptors (Lipinski definition) is 16. The molecule has 6 rings (SSSR count). The van der Waals surface area contributed by atoms with Crippen molar-refractivity contribution in [2.24, 2.45) is 52.0 Å². The number of carbonyl (C=O) groups excluding carboxylic acids is 10. The van der Waals surface area contributed by atoms with Gasteiger partial charge in [0.2, 0.25) is 29.5 Å². The fourth-order valence-corrected chi connectivity index (χ4v) is 12.0. The molecule has 2 saturated heterocycles. The normalized spacial score (nSPS) is 17.3. The van der Waals surface area contributed by atoms with Crippen LogP contribution in [0.15, 0.2) is 85.0 Å². The molecule has 3 aromatic rings. The van der Waals surface area contributed by atoms with Gasteiger partial charge < -0.3 is 57.7 Å². The van der Waals surface area contributed by atoms with Gasteiger partial charge in [0.1, 0.15) is 12.0 Å². The zero-order chi connectivity index (χ0) is 66.7. The first-order valence-electron chi connectivity index (χ1n) is 31.7. The van der Waals surface area contributed by atoms with E-state index in [1.165, 1.54) is 24.7 Å². The molecule has 2 aliphatic heterocycles. The lowest BCUT2D eigenvalue weighted by atomic mass is 9.86. The van der Waals surface area contributed by atoms with Gasteiger partial charge in [0, 0.05) is 88.2 Å². The number of benzene rings is 2. The van der Waals surface area contributed by atoms with E-state index in [0.29, 0.717) is 56.3 Å². The van der Waals surface area contributed by atoms with Crippen molar-refractivity contribution in [3.05, 3.63) is 102 Å². The summed E-state index contributed by atoms with van der Waals surface area (Å²) in [5.74, 6) is -9.26. The molecule has 9 atom stereocenters. The van der Waals surface area contributed by atoms with Crippen molar-refractivity contribution in [1.82, 2.24) is 36.1 Å². The number of aliphatic hydroxyl groups is 1. The minimum absolute atomic E-state index is 0.00929. The van der Waals surface area contributed by atoms with Crippen LogP contribution in [-0.2, 0) is 72.1 Å². The third-order valence-corrected chi connectivity index (χ3v) is 16.7. The topological polar surface area (TPSA) is 385 Å². The molecule has 0 unspecified atom stereocenters. The Morgan fingerprint density at radius 1 is 0.791 bits per heavy atom. The van der Waals surface area contributed by atoms with E-state index in [9.17, 15) is 58.2 Å². The van der Waals surface area contributed by atoms with Crippen LogP contribution in [0.3, 0.4) is 0 Å². The number of nitrogens with one attached hydrogen (secondary N) is 5. The molecule has 12 N–H and O–H groups in total. The van der Waals surface area contributed by atoms with Crippen LogP contribution < -0.4 is 32.7 Å². The highest BCUT2D eigenvalue weighted by atomic mass is 17.1. The van der Waals surface area contributed by atoms with Crippen molar-refractivity contribution in [2.45, 2.75) is 180 Å². The first kappa shape index (κ1) is 73.4. The lowest BCUT2D eigenvalue weighted by Crippen LogP contribution is -2.50. The van der Waals surface area contributed by atoms with Gasteiger partial charge in [-0.15, -0.1) is 0 Å². The number of aromatic nitrogens is 2. The second-order valence-corrected chi connectivity index (χ2v) is 24.8. The molecule has 0 bridgehead atoms. The van der Waals surface area contributed by atoms with Gasteiger partial charge in [-0.05, 0) is 110 Å². The second-order valence-electron chi connectivity index (χ2n) is 24.8. The van der Waals surface area contributed by atoms with Crippen molar-refractivity contribution < 1.29 is 68.3 Å². The van der Waals surface area contributed by atoms with E-state index in [4.69, 9.17) is 16.7 Å². The fraction of sp³-hybridized carbons (Fsp3) is 0.552. The van der Waals surface area contributed by atoms with Gasteiger partial charge in [-0.3, -0.25) is 52.9 Å². The van der Waals surface area contributed by atoms with Crippen molar-refractivity contribution in [2.75, 3.05) is 19.7 Å². The van der Waals surface area contributed by atoms with E-state index in [-0.39, 0.29) is 118 Å². The molecular formula is C67H94N10O14. The fourth-order valence-electron chi connectivity index (χ4n) is 12.0. The van der Waals surface area contributed by atoms with Crippen molar-refractivity contribution in [3.63, 3.8) is 0 Å². The van der Waals surface area contributed by atoms with Crippen LogP contribution in [0.5, 0.6) is 5.75 Å². The summed E-state index contributed by atoms with van der Waals surface area (Å²) in [5.41, 5.74) is 14.9. The maximum Gasteiger partial charge on any atom is 0.226 e. The van der Waals surface area contributed by atoms with E-state index in [1.807, 2.05) is 65.0 Å². The number of aliphatic imine (C=N–C) groups is 1. The minimum atomic E-state index is -1.43. The van der Waals surface area contributed by atoms with Crippen molar-refractivity contribution in [3.8, 4) is 5.75 Å². The summed E-state index contributed by atoms with van der Waals surface area (Å²) in [6.07, 6.45) is 8.52. The Labute approximate surface area is 532 Å². The Kier molecular flexibility index (Phi) is 29.9. The number of nitrogens with zero attached hydrogens (tertiary/aromatic N) is 3. The number of H-pyrrole nitrogens is 1. The maximum absolute atomic E-state index is 14.8. The number of fused-ring (bicyclic) bond motifs is 1. The molecule has 3 aliphatic rings. The van der Waals surface area contributed by atoms with E-state index in [0.717, 1.165) is 23.0 Å². The van der Waals surface area contributed by atoms with Gasteiger partial charge in [-0.2, -0.15) is 0 Å². The number of aromatic amines is 1. The molecule has 5 amide bonds. The van der Waals surface area contributed by atoms with Gasteiger partial charge >= 0.3 is 0 Å². The SMILES string of the molecule is C=COO.CCCC(=O)[C@@H]1CCCN1C(=O)[C@H](CCCN=C(N)N)CC(=O)[C@H](CC(C)C)NC(=O)[C@H](CC(=O)[C@H](Cc1ccc(O)cc1)NC(=O)[C@H](CO)CC(=O)[C@H](CC1=CCc2ccccc21)NC(=O)[C@@H](CC(=O)[C@@H]1CCC(=O)N1)Cc1cnc[nH]1)CC(C)C. The Balaban J connectivity index is 0.00000365. The molecule has 0 radical (unpaired) electrons. The molecule has 0 spiro atoms. The number of guanidine groups is 1. The van der Waals surface area contributed by atoms with Crippen molar-refractivity contribution in [1.29, 1.82) is 0 Å². The molecule has 91 heavy (non-hydrogen) atoms. The number of aliphatic hydroxyl groups excluding tert-OH is 1. The predicted octanol–water partition coefficient (Wildman–Crippen LogP) is 5.08. The lowest BCUT2D eigenvalue weighted by Gasteiger charge is -2.30. The molecule has 3 heterocycles. The first-order valence-corrected chi connectivity index (χ1v) is 31.7. The first-order chi connectivity index (χ1) is 43.4. The predicted molar refractivity (Wildman–Crippen MR) is 341 cm³/mol. The van der Waals surface area contributed by atoms with Gasteiger partial charge in [0.05, 0.1) is 55.0 Å². The highest BCUT2D eigenvalue weighted by Crippen LogP contribution is 2.32. The van der Waals surface area contributed by atoms with Crippen LogP contribution in [0.2, 0.25) is 0 Å². The summed E-state index contributed by atoms with van der Waals surface area (Å²) in [4.78, 5) is 157. The van der Waals surface area contributed by atoms with Gasteiger partial charge in [0.15, 0.2) is 34.9 Å². The van der Waals surface area contributed by atoms with Crippen LogP contribution in [0, 0.1) is 35.5 Å². The summed E-state index contributed by atoms with van der Waals surface area (Å²) in [7, 11) is 0. The molecule has 496 valence electrons. The van der Waals surface area contributed by atoms with Crippen LogP contribution in [0.4, 0.5) is 0 Å². The van der Waals surface area contributed by atoms with Crippen LogP contribution in [-0.4, -0.2) is 145 Å². The molecule has 0 saturated carbocycles. The smallest absolute Gasteiger partial charge is 0.226 e. The Bertz CT molecular complexity index is 3030. The number of allylic oxidation sites excluding steroid dienone is 1. The average Bonchev–Trinajstić information content (AvgIpc) is 1.90. The molecule has 1 aliphatic carbocycles. The third kappa shape index (κ3) is 23.4. The lowest BCUT2D eigenvalue weighted by molar-refractivity contribution is -0.186. The molecule has 24 nitrogen and oxygen atoms in total. The number of carbonyl (C=O) groups is 10. The number of imidazole rings is 1. The zero-order valence-electron chi connectivity index (χ0n) is 53.2.